The Morgan fingerprint density at radius 1 is 1.45 bits per heavy atom. The van der Waals surface area contributed by atoms with E-state index in [1.54, 1.807) is 27.1 Å². The Kier molecular flexibility index (Phi) is 6.45. The van der Waals surface area contributed by atoms with E-state index in [0.717, 1.165) is 18.5 Å². The highest BCUT2D eigenvalue weighted by Crippen LogP contribution is 2.21. The molecular formula is C15H23FN2O2. The summed E-state index contributed by atoms with van der Waals surface area (Å²) >= 11 is 0. The number of likely N-dealkylation sites (N-methyl/N-ethyl adjacent to an activating group) is 1. The minimum Gasteiger partial charge on any atom is -0.481 e. The van der Waals surface area contributed by atoms with Crippen molar-refractivity contribution >= 4 is 5.91 Å². The van der Waals surface area contributed by atoms with Crippen LogP contribution in [0.4, 0.5) is 4.39 Å². The lowest BCUT2D eigenvalue weighted by atomic mass is 10.2. The van der Waals surface area contributed by atoms with Gasteiger partial charge in [0.25, 0.3) is 5.91 Å². The van der Waals surface area contributed by atoms with E-state index < -0.39 is 6.10 Å². The number of carbonyl (C=O) groups is 1. The highest BCUT2D eigenvalue weighted by Gasteiger charge is 2.18. The molecule has 1 unspecified atom stereocenters. The number of ether oxygens (including phenoxy) is 1. The molecule has 1 amide bonds. The minimum absolute atomic E-state index is 0.123. The molecule has 0 fully saturated rings. The standard InChI is InChI=1S/C15H23FN2O2/c1-5-8-17-10-12-9-13(16)6-7-14(12)20-11(2)15(19)18(3)4/h6-7,9,11,17H,5,8,10H2,1-4H3. The summed E-state index contributed by atoms with van der Waals surface area (Å²) in [5.41, 5.74) is 0.719. The fourth-order valence-electron chi connectivity index (χ4n) is 1.81. The summed E-state index contributed by atoms with van der Waals surface area (Å²) in [5, 5.41) is 3.20. The molecule has 0 saturated heterocycles. The number of hydrogen-bond donors (Lipinski definition) is 1. The summed E-state index contributed by atoms with van der Waals surface area (Å²) in [5.74, 6) is 0.108. The summed E-state index contributed by atoms with van der Waals surface area (Å²) in [6.45, 7) is 5.12. The lowest BCUT2D eigenvalue weighted by Gasteiger charge is -2.20. The van der Waals surface area contributed by atoms with Crippen LogP contribution in [0.2, 0.25) is 0 Å². The second-order valence-corrected chi connectivity index (χ2v) is 4.92. The Bertz CT molecular complexity index is 449. The smallest absolute Gasteiger partial charge is 0.262 e. The fourth-order valence-corrected chi connectivity index (χ4v) is 1.81. The van der Waals surface area contributed by atoms with Gasteiger partial charge in [0.15, 0.2) is 6.10 Å². The molecule has 0 spiro atoms. The highest BCUT2D eigenvalue weighted by atomic mass is 19.1. The second-order valence-electron chi connectivity index (χ2n) is 4.92. The number of nitrogens with one attached hydrogen (secondary N) is 1. The summed E-state index contributed by atoms with van der Waals surface area (Å²) < 4.78 is 19.0. The van der Waals surface area contributed by atoms with Gasteiger partial charge < -0.3 is 15.0 Å². The second kappa shape index (κ2) is 7.85. The zero-order chi connectivity index (χ0) is 15.1. The van der Waals surface area contributed by atoms with Gasteiger partial charge >= 0.3 is 0 Å². The molecule has 0 saturated carbocycles. The maximum atomic E-state index is 13.3. The average molecular weight is 282 g/mol. The van der Waals surface area contributed by atoms with E-state index >= 15 is 0 Å². The monoisotopic (exact) mass is 282 g/mol. The molecule has 0 heterocycles. The van der Waals surface area contributed by atoms with Crippen LogP contribution in [-0.4, -0.2) is 37.6 Å². The maximum Gasteiger partial charge on any atom is 0.262 e. The Morgan fingerprint density at radius 3 is 2.75 bits per heavy atom. The molecule has 1 atom stereocenters. The minimum atomic E-state index is -0.597. The molecule has 0 aromatic heterocycles. The topological polar surface area (TPSA) is 41.6 Å². The molecule has 5 heteroatoms. The molecule has 1 aromatic carbocycles. The van der Waals surface area contributed by atoms with E-state index in [1.165, 1.54) is 17.0 Å². The molecule has 0 aliphatic rings. The first-order valence-electron chi connectivity index (χ1n) is 6.82. The first-order valence-corrected chi connectivity index (χ1v) is 6.82. The van der Waals surface area contributed by atoms with Crippen molar-refractivity contribution in [3.63, 3.8) is 0 Å². The third kappa shape index (κ3) is 4.81. The number of halogens is 1. The Labute approximate surface area is 119 Å². The van der Waals surface area contributed by atoms with Gasteiger partial charge in [-0.2, -0.15) is 0 Å². The quantitative estimate of drug-likeness (QED) is 0.779. The summed E-state index contributed by atoms with van der Waals surface area (Å²) in [6, 6.07) is 4.34. The Hall–Kier alpha value is -1.62. The highest BCUT2D eigenvalue weighted by molar-refractivity contribution is 5.80. The first kappa shape index (κ1) is 16.4. The van der Waals surface area contributed by atoms with E-state index in [9.17, 15) is 9.18 Å². The lowest BCUT2D eigenvalue weighted by Crippen LogP contribution is -2.35. The van der Waals surface area contributed by atoms with Gasteiger partial charge in [0.05, 0.1) is 0 Å². The number of nitrogens with zero attached hydrogens (tertiary/aromatic N) is 1. The zero-order valence-electron chi connectivity index (χ0n) is 12.6. The van der Waals surface area contributed by atoms with Crippen molar-refractivity contribution in [1.82, 2.24) is 10.2 Å². The Morgan fingerprint density at radius 2 is 2.15 bits per heavy atom. The number of benzene rings is 1. The van der Waals surface area contributed by atoms with Gasteiger partial charge in [-0.3, -0.25) is 4.79 Å². The molecule has 0 bridgehead atoms. The maximum absolute atomic E-state index is 13.3. The molecule has 0 radical (unpaired) electrons. The van der Waals surface area contributed by atoms with Gasteiger partial charge in [-0.25, -0.2) is 4.39 Å². The van der Waals surface area contributed by atoms with Gasteiger partial charge in [-0.1, -0.05) is 6.92 Å². The van der Waals surface area contributed by atoms with Crippen molar-refractivity contribution in [2.75, 3.05) is 20.6 Å². The van der Waals surface area contributed by atoms with Gasteiger partial charge in [0.1, 0.15) is 11.6 Å². The van der Waals surface area contributed by atoms with Gasteiger partial charge in [0, 0.05) is 26.2 Å². The van der Waals surface area contributed by atoms with Crippen molar-refractivity contribution in [1.29, 1.82) is 0 Å². The summed E-state index contributed by atoms with van der Waals surface area (Å²) in [6.07, 6.45) is 0.404. The predicted molar refractivity (Wildman–Crippen MR) is 77.2 cm³/mol. The van der Waals surface area contributed by atoms with Crippen LogP contribution in [-0.2, 0) is 11.3 Å². The third-order valence-corrected chi connectivity index (χ3v) is 2.86. The van der Waals surface area contributed by atoms with E-state index in [1.807, 2.05) is 0 Å². The molecule has 4 nitrogen and oxygen atoms in total. The molecule has 0 aliphatic carbocycles. The molecule has 1 aromatic rings. The molecule has 112 valence electrons. The Balaban J connectivity index is 2.80. The van der Waals surface area contributed by atoms with Crippen molar-refractivity contribution in [2.24, 2.45) is 0 Å². The molecule has 0 aliphatic heterocycles. The van der Waals surface area contributed by atoms with Crippen LogP contribution in [0.25, 0.3) is 0 Å². The molecule has 1 N–H and O–H groups in total. The van der Waals surface area contributed by atoms with Crippen molar-refractivity contribution < 1.29 is 13.9 Å². The van der Waals surface area contributed by atoms with E-state index in [0.29, 0.717) is 12.3 Å². The predicted octanol–water partition coefficient (Wildman–Crippen LogP) is 2.18. The van der Waals surface area contributed by atoms with Crippen molar-refractivity contribution in [2.45, 2.75) is 32.9 Å². The number of carbonyl (C=O) groups excluding carboxylic acids is 1. The van der Waals surface area contributed by atoms with Crippen LogP contribution in [0.1, 0.15) is 25.8 Å². The van der Waals surface area contributed by atoms with Crippen LogP contribution in [0, 0.1) is 5.82 Å². The van der Waals surface area contributed by atoms with Crippen molar-refractivity contribution in [3.8, 4) is 5.75 Å². The fraction of sp³-hybridized carbons (Fsp3) is 0.533. The SMILES string of the molecule is CCCNCc1cc(F)ccc1OC(C)C(=O)N(C)C. The van der Waals surface area contributed by atoms with Crippen LogP contribution in [0.15, 0.2) is 18.2 Å². The lowest BCUT2D eigenvalue weighted by molar-refractivity contribution is -0.135. The number of rotatable bonds is 7. The van der Waals surface area contributed by atoms with E-state index in [2.05, 4.69) is 12.2 Å². The van der Waals surface area contributed by atoms with Crippen LogP contribution < -0.4 is 10.1 Å². The van der Waals surface area contributed by atoms with Crippen LogP contribution in [0.5, 0.6) is 5.75 Å². The normalized spacial score (nSPS) is 12.1. The summed E-state index contributed by atoms with van der Waals surface area (Å²) in [7, 11) is 3.35. The van der Waals surface area contributed by atoms with E-state index in [-0.39, 0.29) is 11.7 Å². The first-order chi connectivity index (χ1) is 9.45. The van der Waals surface area contributed by atoms with Crippen LogP contribution >= 0.6 is 0 Å². The van der Waals surface area contributed by atoms with Crippen molar-refractivity contribution in [3.05, 3.63) is 29.6 Å². The molecule has 1 rings (SSSR count). The van der Waals surface area contributed by atoms with Gasteiger partial charge in [0.2, 0.25) is 0 Å². The van der Waals surface area contributed by atoms with E-state index in [4.69, 9.17) is 4.74 Å². The number of amides is 1. The van der Waals surface area contributed by atoms with Crippen LogP contribution in [0.3, 0.4) is 0 Å². The molecule has 20 heavy (non-hydrogen) atoms. The average Bonchev–Trinajstić information content (AvgIpc) is 2.40. The van der Waals surface area contributed by atoms with Gasteiger partial charge in [-0.05, 0) is 38.1 Å². The zero-order valence-corrected chi connectivity index (χ0v) is 12.6. The number of hydrogen-bond acceptors (Lipinski definition) is 3. The molecular weight excluding hydrogens is 259 g/mol. The van der Waals surface area contributed by atoms with Gasteiger partial charge in [-0.15, -0.1) is 0 Å². The summed E-state index contributed by atoms with van der Waals surface area (Å²) in [4.78, 5) is 13.3. The third-order valence-electron chi connectivity index (χ3n) is 2.86. The largest absolute Gasteiger partial charge is 0.481 e.